The number of fused-ring (bicyclic) bond motifs is 7. The highest BCUT2D eigenvalue weighted by Gasteiger charge is 2.69. The van der Waals surface area contributed by atoms with Gasteiger partial charge in [-0.05, 0) is 104 Å². The van der Waals surface area contributed by atoms with Gasteiger partial charge in [0.05, 0.1) is 51.8 Å². The first-order chi connectivity index (χ1) is 41.3. The van der Waals surface area contributed by atoms with Crippen molar-refractivity contribution in [3.05, 3.63) is 0 Å². The number of hydrogen-bond acceptors (Lipinski definition) is 29. The first-order valence-electron chi connectivity index (χ1n) is 31.3. The summed E-state index contributed by atoms with van der Waals surface area (Å²) in [6.45, 7) is 5.26. The molecule has 0 spiro atoms. The summed E-state index contributed by atoms with van der Waals surface area (Å²) in [5.41, 5.74) is -0.00518. The van der Waals surface area contributed by atoms with Gasteiger partial charge in [-0.2, -0.15) is 0 Å². The van der Waals surface area contributed by atoms with E-state index >= 15 is 0 Å². The van der Waals surface area contributed by atoms with Crippen molar-refractivity contribution >= 4 is 0 Å². The first-order valence-corrected chi connectivity index (χ1v) is 31.3. The fourth-order valence-electron chi connectivity index (χ4n) is 17.4. The average molecular weight is 1260 g/mol. The fraction of sp³-hybridized carbons (Fsp3) is 1.00. The first kappa shape index (κ1) is 68.7. The molecule has 6 heterocycles. The molecule has 6 saturated heterocycles. The second-order valence-electron chi connectivity index (χ2n) is 27.3. The van der Waals surface area contributed by atoms with E-state index < -0.39 is 198 Å². The number of aliphatic hydroxyl groups is 17. The monoisotopic (exact) mass is 1260 g/mol. The van der Waals surface area contributed by atoms with Crippen LogP contribution in [-0.2, 0) is 56.8 Å². The second-order valence-corrected chi connectivity index (χ2v) is 27.3. The van der Waals surface area contributed by atoms with E-state index in [1.807, 2.05) is 6.92 Å². The Bertz CT molecular complexity index is 2210. The predicted octanol–water partition coefficient (Wildman–Crippen LogP) is -5.48. The van der Waals surface area contributed by atoms with Gasteiger partial charge < -0.3 is 144 Å². The maximum absolute atomic E-state index is 11.9. The van der Waals surface area contributed by atoms with Gasteiger partial charge in [-0.25, -0.2) is 0 Å². The lowest BCUT2D eigenvalue weighted by molar-refractivity contribution is -0.406. The van der Waals surface area contributed by atoms with Gasteiger partial charge in [0, 0.05) is 19.4 Å². The summed E-state index contributed by atoms with van der Waals surface area (Å²) in [6.07, 6.45) is -35.2. The van der Waals surface area contributed by atoms with Gasteiger partial charge in [-0.1, -0.05) is 27.7 Å². The molecule has 29 nitrogen and oxygen atoms in total. The molecular weight excluding hydrogens is 1160 g/mol. The smallest absolute Gasteiger partial charge is 0.187 e. The van der Waals surface area contributed by atoms with Crippen molar-refractivity contribution < 1.29 is 144 Å². The van der Waals surface area contributed by atoms with Crippen molar-refractivity contribution in [3.8, 4) is 0 Å². The fourth-order valence-corrected chi connectivity index (χ4v) is 17.4. The van der Waals surface area contributed by atoms with E-state index in [1.54, 1.807) is 7.11 Å². The highest BCUT2D eigenvalue weighted by atomic mass is 16.8. The largest absolute Gasteiger partial charge is 0.394 e. The number of hydrogen-bond donors (Lipinski definition) is 17. The van der Waals surface area contributed by atoms with Crippen LogP contribution in [0.4, 0.5) is 0 Å². The Labute approximate surface area is 504 Å². The van der Waals surface area contributed by atoms with E-state index in [0.717, 1.165) is 38.5 Å². The molecule has 37 atom stereocenters. The number of methoxy groups -OCH3 is 1. The van der Waals surface area contributed by atoms with E-state index in [-0.39, 0.29) is 47.2 Å². The maximum Gasteiger partial charge on any atom is 0.187 e. The van der Waals surface area contributed by atoms with Crippen LogP contribution in [0.5, 0.6) is 0 Å². The molecule has 10 rings (SSSR count). The van der Waals surface area contributed by atoms with Crippen LogP contribution in [0.2, 0.25) is 0 Å². The van der Waals surface area contributed by atoms with Gasteiger partial charge in [0.15, 0.2) is 37.2 Å². The molecule has 17 N–H and O–H groups in total. The average Bonchev–Trinajstić information content (AvgIpc) is 1.61. The topological polar surface area (TPSA) is 455 Å². The van der Waals surface area contributed by atoms with Gasteiger partial charge in [-0.15, -0.1) is 0 Å². The lowest BCUT2D eigenvalue weighted by Gasteiger charge is -2.61. The van der Waals surface area contributed by atoms with Crippen LogP contribution >= 0.6 is 0 Å². The van der Waals surface area contributed by atoms with Crippen LogP contribution in [0.25, 0.3) is 0 Å². The quantitative estimate of drug-likeness (QED) is 0.0506. The van der Waals surface area contributed by atoms with Gasteiger partial charge in [0.2, 0.25) is 0 Å². The summed E-state index contributed by atoms with van der Waals surface area (Å²) < 4.78 is 72.9. The Hall–Kier alpha value is -1.16. The second kappa shape index (κ2) is 27.7. The number of aliphatic hydroxyl groups excluding tert-OH is 17. The number of rotatable bonds is 20. The highest BCUT2D eigenvalue weighted by molar-refractivity contribution is 5.15. The number of ether oxygens (including phenoxy) is 12. The normalized spacial score (nSPS) is 54.8. The van der Waals surface area contributed by atoms with Gasteiger partial charge in [0.25, 0.3) is 0 Å². The minimum absolute atomic E-state index is 0.0110. The van der Waals surface area contributed by atoms with Crippen LogP contribution in [0.3, 0.4) is 0 Å². The predicted molar refractivity (Wildman–Crippen MR) is 289 cm³/mol. The summed E-state index contributed by atoms with van der Waals surface area (Å²) >= 11 is 0. The van der Waals surface area contributed by atoms with Crippen molar-refractivity contribution in [1.82, 2.24) is 0 Å². The third kappa shape index (κ3) is 12.6. The lowest BCUT2D eigenvalue weighted by atomic mass is 9.44. The Morgan fingerprint density at radius 2 is 0.954 bits per heavy atom. The van der Waals surface area contributed by atoms with Crippen LogP contribution < -0.4 is 0 Å². The molecule has 10 aliphatic rings. The molecule has 0 aromatic heterocycles. The van der Waals surface area contributed by atoms with Crippen molar-refractivity contribution in [3.63, 3.8) is 0 Å². The van der Waals surface area contributed by atoms with Crippen LogP contribution in [0.1, 0.15) is 91.9 Å². The van der Waals surface area contributed by atoms with E-state index in [0.29, 0.717) is 43.4 Å². The molecule has 0 aromatic rings. The summed E-state index contributed by atoms with van der Waals surface area (Å²) in [6, 6.07) is 0. The Balaban J connectivity index is 0.771. The molecule has 6 aliphatic heterocycles. The van der Waals surface area contributed by atoms with E-state index in [1.165, 1.54) is 0 Å². The highest BCUT2D eigenvalue weighted by Crippen LogP contribution is 2.71. The molecule has 504 valence electrons. The SMILES string of the molecule is CO[C@]1(CC[C@H](C)CO[C@@H]2O[C@H](CO)[C@@H](O)[C@H](O)[C@H]2O)O[C@H]2C[C@H]3[C@@H]4CC[C@@H]5C[C@@H](O[C@@H]6O[C@H](CO)[C@H](O[C@@H]7O[C@H](CO)[C@@H](O)[C@H](O[C@@H]8O[C@H](CO)[C@@H](O)[C@H](O)[C@H]8O)[C@H]7O[C@@H]7O[C@H](CO)[C@@H](O)[C@H](O)[C@H]7O)[C@H](O)[C@H]6O)CC[C@]5(C)[C@H]4CC[C@]3(C)[C@H]2[C@@H]1C. The molecule has 0 radical (unpaired) electrons. The summed E-state index contributed by atoms with van der Waals surface area (Å²) in [5.74, 6) is 1.15. The molecule has 29 heteroatoms. The maximum atomic E-state index is 11.9. The zero-order valence-corrected chi connectivity index (χ0v) is 49.9. The van der Waals surface area contributed by atoms with Crippen LogP contribution in [-0.4, -0.2) is 305 Å². The molecule has 0 aromatic carbocycles. The molecule has 0 amide bonds. The van der Waals surface area contributed by atoms with Crippen LogP contribution in [0.15, 0.2) is 0 Å². The van der Waals surface area contributed by atoms with Crippen molar-refractivity contribution in [2.24, 2.45) is 52.3 Å². The van der Waals surface area contributed by atoms with Crippen LogP contribution in [0, 0.1) is 52.3 Å². The third-order valence-electron chi connectivity index (χ3n) is 22.5. The molecule has 4 aliphatic carbocycles. The summed E-state index contributed by atoms with van der Waals surface area (Å²) in [5, 5.41) is 181. The molecule has 87 heavy (non-hydrogen) atoms. The lowest BCUT2D eigenvalue weighted by Crippen LogP contribution is -2.68. The van der Waals surface area contributed by atoms with Gasteiger partial charge >= 0.3 is 0 Å². The van der Waals surface area contributed by atoms with E-state index in [9.17, 15) is 86.8 Å². The molecule has 0 unspecified atom stereocenters. The minimum Gasteiger partial charge on any atom is -0.394 e. The minimum atomic E-state index is -2.06. The Kier molecular flexibility index (Phi) is 21.8. The van der Waals surface area contributed by atoms with Gasteiger partial charge in [0.1, 0.15) is 122 Å². The molecule has 4 saturated carbocycles. The van der Waals surface area contributed by atoms with Crippen molar-refractivity contribution in [1.29, 1.82) is 0 Å². The van der Waals surface area contributed by atoms with Gasteiger partial charge in [-0.3, -0.25) is 0 Å². The molecule has 0 bridgehead atoms. The molecular formula is C58H98O29. The zero-order valence-electron chi connectivity index (χ0n) is 49.9. The van der Waals surface area contributed by atoms with Crippen molar-refractivity contribution in [2.75, 3.05) is 46.8 Å². The summed E-state index contributed by atoms with van der Waals surface area (Å²) in [4.78, 5) is 0. The van der Waals surface area contributed by atoms with E-state index in [2.05, 4.69) is 20.8 Å². The standard InChI is InChI=1S/C58H98O29/c1-22(21-77-51-44(72)40(68)36(64)30(16-59)79-51)8-13-58(76-5)23(2)35-29(87-58)15-28-26-7-6-24-14-25(9-11-56(24,3)27(26)10-12-57(28,35)4)78-52-47(75)43(71)48(34(20-63)83-52)84-55-50(86-54-46(74)42(70)38(66)32(18-61)81-54)49(39(67)33(19-62)82-55)85-53-45(73)41(69)37(65)31(17-60)80-53/h22-55,59-75H,6-21H2,1-5H3/t22-,23-,24+,25-,26+,27-,28-,29-,30+,31+,32+,33+,34+,35-,36+,37+,38+,39+,40-,41-,42-,43+,44+,45+,46+,47+,48-,49-,50+,51+,52+,53-,54-,55-,56-,57-,58+/m0/s1. The molecule has 10 fully saturated rings. The van der Waals surface area contributed by atoms with Crippen molar-refractivity contribution in [2.45, 2.75) is 263 Å². The Morgan fingerprint density at radius 1 is 0.471 bits per heavy atom. The summed E-state index contributed by atoms with van der Waals surface area (Å²) in [7, 11) is 1.71. The van der Waals surface area contributed by atoms with E-state index in [4.69, 9.17) is 56.8 Å². The zero-order chi connectivity index (χ0) is 62.9. The Morgan fingerprint density at radius 3 is 1.53 bits per heavy atom. The third-order valence-corrected chi connectivity index (χ3v) is 22.5.